The molecule has 0 saturated carbocycles. The number of ether oxygens (including phenoxy) is 2. The van der Waals surface area contributed by atoms with E-state index in [2.05, 4.69) is 20.9 Å². The fourth-order valence-corrected chi connectivity index (χ4v) is 3.34. The average molecular weight is 491 g/mol. The van der Waals surface area contributed by atoms with Gasteiger partial charge in [-0.15, -0.1) is 0 Å². The van der Waals surface area contributed by atoms with Crippen LogP contribution >= 0.6 is 15.9 Å². The van der Waals surface area contributed by atoms with Crippen LogP contribution in [0.2, 0.25) is 0 Å². The molecule has 7 heteroatoms. The van der Waals surface area contributed by atoms with Crippen LogP contribution in [-0.4, -0.2) is 29.5 Å². The normalized spacial score (nSPS) is 12.7. The number of halogens is 3. The SMILES string of the molecule is COc1ccc(N=C(n2cc(C(C)(C)C)cc2-c2ccc(OC)cc2)C(F)(F)Br)cc1. The van der Waals surface area contributed by atoms with Gasteiger partial charge in [0.1, 0.15) is 11.5 Å². The molecule has 0 saturated heterocycles. The molecule has 2 aromatic carbocycles. The lowest BCUT2D eigenvalue weighted by Gasteiger charge is -2.18. The van der Waals surface area contributed by atoms with E-state index in [0.29, 0.717) is 22.9 Å². The van der Waals surface area contributed by atoms with Gasteiger partial charge in [-0.05, 0) is 87.1 Å². The number of benzene rings is 2. The van der Waals surface area contributed by atoms with Gasteiger partial charge in [-0.1, -0.05) is 20.8 Å². The first kappa shape index (κ1) is 23.0. The molecule has 0 atom stereocenters. The first-order valence-electron chi connectivity index (χ1n) is 9.70. The third-order valence-electron chi connectivity index (χ3n) is 4.86. The molecule has 3 aromatic rings. The van der Waals surface area contributed by atoms with Crippen LogP contribution in [-0.2, 0) is 5.41 Å². The summed E-state index contributed by atoms with van der Waals surface area (Å²) >= 11 is 2.53. The second-order valence-electron chi connectivity index (χ2n) is 8.09. The molecule has 4 nitrogen and oxygen atoms in total. The van der Waals surface area contributed by atoms with Crippen molar-refractivity contribution in [3.05, 3.63) is 66.4 Å². The van der Waals surface area contributed by atoms with Gasteiger partial charge < -0.3 is 9.47 Å². The van der Waals surface area contributed by atoms with E-state index in [-0.39, 0.29) is 5.41 Å². The number of methoxy groups -OCH3 is 2. The third-order valence-corrected chi connectivity index (χ3v) is 5.22. The topological polar surface area (TPSA) is 35.8 Å². The molecule has 0 radical (unpaired) electrons. The largest absolute Gasteiger partial charge is 0.497 e. The lowest BCUT2D eigenvalue weighted by Crippen LogP contribution is -2.28. The molecule has 0 unspecified atom stereocenters. The van der Waals surface area contributed by atoms with Gasteiger partial charge in [0.2, 0.25) is 0 Å². The van der Waals surface area contributed by atoms with Gasteiger partial charge in [-0.25, -0.2) is 4.99 Å². The quantitative estimate of drug-likeness (QED) is 0.218. The summed E-state index contributed by atoms with van der Waals surface area (Å²) in [6.07, 6.45) is 1.72. The van der Waals surface area contributed by atoms with E-state index < -0.39 is 10.7 Å². The number of hydrogen-bond donors (Lipinski definition) is 0. The predicted octanol–water partition coefficient (Wildman–Crippen LogP) is 7.04. The number of hydrogen-bond acceptors (Lipinski definition) is 3. The Morgan fingerprint density at radius 3 is 1.87 bits per heavy atom. The maximum Gasteiger partial charge on any atom is 0.358 e. The van der Waals surface area contributed by atoms with Gasteiger partial charge in [-0.2, -0.15) is 8.78 Å². The molecular weight excluding hydrogens is 466 g/mol. The molecule has 0 amide bonds. The third kappa shape index (κ3) is 5.34. The van der Waals surface area contributed by atoms with Gasteiger partial charge in [0.15, 0.2) is 5.84 Å². The summed E-state index contributed by atoms with van der Waals surface area (Å²) < 4.78 is 41.3. The number of nitrogens with zero attached hydrogens (tertiary/aromatic N) is 2. The van der Waals surface area contributed by atoms with Crippen molar-refractivity contribution in [2.75, 3.05) is 14.2 Å². The summed E-state index contributed by atoms with van der Waals surface area (Å²) in [5.41, 5.74) is 2.45. The molecular formula is C24H25BrF2N2O2. The molecule has 3 rings (SSSR count). The fraction of sp³-hybridized carbons (Fsp3) is 0.292. The monoisotopic (exact) mass is 490 g/mol. The molecule has 0 aliphatic carbocycles. The number of alkyl halides is 3. The van der Waals surface area contributed by atoms with Crippen molar-refractivity contribution >= 4 is 27.5 Å². The summed E-state index contributed by atoms with van der Waals surface area (Å²) in [5, 5.41) is 0. The second kappa shape index (κ2) is 8.83. The van der Waals surface area contributed by atoms with Crippen molar-refractivity contribution in [3.63, 3.8) is 0 Å². The molecule has 164 valence electrons. The van der Waals surface area contributed by atoms with E-state index >= 15 is 0 Å². The number of rotatable bonds is 5. The minimum atomic E-state index is -3.36. The van der Waals surface area contributed by atoms with Crippen molar-refractivity contribution in [1.29, 1.82) is 0 Å². The molecule has 0 aliphatic rings. The van der Waals surface area contributed by atoms with Crippen LogP contribution in [0.5, 0.6) is 11.5 Å². The highest BCUT2D eigenvalue weighted by Crippen LogP contribution is 2.35. The first-order chi connectivity index (χ1) is 14.5. The van der Waals surface area contributed by atoms with Gasteiger partial charge >= 0.3 is 4.83 Å². The minimum Gasteiger partial charge on any atom is -0.497 e. The van der Waals surface area contributed by atoms with E-state index in [9.17, 15) is 8.78 Å². The summed E-state index contributed by atoms with van der Waals surface area (Å²) in [4.78, 5) is 0.934. The van der Waals surface area contributed by atoms with E-state index in [1.54, 1.807) is 56.8 Å². The van der Waals surface area contributed by atoms with Gasteiger partial charge in [0.05, 0.1) is 25.6 Å². The Bertz CT molecular complexity index is 1060. The van der Waals surface area contributed by atoms with Crippen molar-refractivity contribution in [2.24, 2.45) is 4.99 Å². The van der Waals surface area contributed by atoms with Gasteiger partial charge in [0.25, 0.3) is 0 Å². The van der Waals surface area contributed by atoms with Crippen LogP contribution in [0.15, 0.2) is 65.8 Å². The fourth-order valence-electron chi connectivity index (χ4n) is 3.07. The molecule has 0 N–H and O–H groups in total. The van der Waals surface area contributed by atoms with Crippen LogP contribution in [0, 0.1) is 0 Å². The zero-order valence-electron chi connectivity index (χ0n) is 18.1. The van der Waals surface area contributed by atoms with Crippen LogP contribution in [0.1, 0.15) is 26.3 Å². The van der Waals surface area contributed by atoms with E-state index in [1.165, 1.54) is 4.57 Å². The first-order valence-corrected chi connectivity index (χ1v) is 10.5. The Hall–Kier alpha value is -2.67. The average Bonchev–Trinajstić information content (AvgIpc) is 3.17. The van der Waals surface area contributed by atoms with Crippen molar-refractivity contribution in [2.45, 2.75) is 31.0 Å². The van der Waals surface area contributed by atoms with E-state index in [0.717, 1.165) is 11.1 Å². The Balaban J connectivity index is 2.21. The molecule has 0 aliphatic heterocycles. The summed E-state index contributed by atoms with van der Waals surface area (Å²) in [5.74, 6) is 0.885. The zero-order chi connectivity index (χ0) is 22.8. The Morgan fingerprint density at radius 1 is 0.903 bits per heavy atom. The van der Waals surface area contributed by atoms with E-state index in [1.807, 2.05) is 39.0 Å². The van der Waals surface area contributed by atoms with Crippen molar-refractivity contribution in [3.8, 4) is 22.8 Å². The molecule has 1 heterocycles. The highest BCUT2D eigenvalue weighted by Gasteiger charge is 2.36. The highest BCUT2D eigenvalue weighted by atomic mass is 79.9. The molecule has 1 aromatic heterocycles. The maximum atomic E-state index is 14.7. The summed E-state index contributed by atoms with van der Waals surface area (Å²) in [6, 6.07) is 15.9. The maximum absolute atomic E-state index is 14.7. The van der Waals surface area contributed by atoms with Crippen LogP contribution in [0.25, 0.3) is 11.3 Å². The summed E-state index contributed by atoms with van der Waals surface area (Å²) in [6.45, 7) is 6.12. The number of aromatic nitrogens is 1. The Morgan fingerprint density at radius 2 is 1.42 bits per heavy atom. The highest BCUT2D eigenvalue weighted by molar-refractivity contribution is 9.10. The molecule has 0 spiro atoms. The standard InChI is InChI=1S/C24H25BrF2N2O2/c1-23(2,3)17-14-21(16-6-10-19(30-4)11-7-16)29(15-17)22(24(25,26)27)28-18-8-12-20(31-5)13-9-18/h6-15H,1-5H3. The van der Waals surface area contributed by atoms with Crippen LogP contribution < -0.4 is 9.47 Å². The molecule has 0 fully saturated rings. The predicted molar refractivity (Wildman–Crippen MR) is 124 cm³/mol. The molecule has 0 bridgehead atoms. The lowest BCUT2D eigenvalue weighted by atomic mass is 9.89. The second-order valence-corrected chi connectivity index (χ2v) is 9.09. The summed E-state index contributed by atoms with van der Waals surface area (Å²) in [7, 11) is 3.13. The van der Waals surface area contributed by atoms with Crippen molar-refractivity contribution < 1.29 is 18.3 Å². The van der Waals surface area contributed by atoms with Gasteiger partial charge in [-0.3, -0.25) is 4.57 Å². The van der Waals surface area contributed by atoms with Crippen LogP contribution in [0.4, 0.5) is 14.5 Å². The smallest absolute Gasteiger partial charge is 0.358 e. The molecule has 31 heavy (non-hydrogen) atoms. The van der Waals surface area contributed by atoms with Crippen LogP contribution in [0.3, 0.4) is 0 Å². The van der Waals surface area contributed by atoms with E-state index in [4.69, 9.17) is 9.47 Å². The minimum absolute atomic E-state index is 0.237. The van der Waals surface area contributed by atoms with Gasteiger partial charge in [0, 0.05) is 6.20 Å². The Kier molecular flexibility index (Phi) is 6.55. The zero-order valence-corrected chi connectivity index (χ0v) is 19.7. The number of aliphatic imine (C=N–C) groups is 1. The van der Waals surface area contributed by atoms with Crippen molar-refractivity contribution in [1.82, 2.24) is 4.57 Å². The Labute approximate surface area is 189 Å². The lowest BCUT2D eigenvalue weighted by molar-refractivity contribution is 0.189.